The molecule has 1 amide bonds. The molecule has 2 rings (SSSR count). The van der Waals surface area contributed by atoms with Gasteiger partial charge < -0.3 is 71.4 Å². The molecule has 0 bridgehead atoms. The van der Waals surface area contributed by atoms with E-state index in [0.29, 0.717) is 32.1 Å². The molecule has 0 radical (unpaired) electrons. The molecule has 30 heteroatoms. The van der Waals surface area contributed by atoms with Crippen molar-refractivity contribution >= 4 is 89.1 Å². The molecule has 0 saturated carbocycles. The molecular formula is C43H60N4O25S. The van der Waals surface area contributed by atoms with E-state index < -0.39 is 159 Å². The van der Waals surface area contributed by atoms with Gasteiger partial charge in [0.05, 0.1) is 31.5 Å². The molecule has 1 aromatic rings. The van der Waals surface area contributed by atoms with Crippen molar-refractivity contribution in [2.75, 3.05) is 70.8 Å². The average Bonchev–Trinajstić information content (AvgIpc) is 3.79. The van der Waals surface area contributed by atoms with Crippen molar-refractivity contribution in [2.24, 2.45) is 0 Å². The molecule has 1 saturated heterocycles. The number of aromatic nitrogens is 2. The van der Waals surface area contributed by atoms with Gasteiger partial charge in [-0.3, -0.25) is 14.4 Å². The predicted octanol–water partition coefficient (Wildman–Crippen LogP) is -0.905. The Hall–Kier alpha value is -7.24. The van der Waals surface area contributed by atoms with Crippen LogP contribution in [-0.4, -0.2) is 199 Å². The van der Waals surface area contributed by atoms with Gasteiger partial charge in [0.15, 0.2) is 69.2 Å². The molecule has 6 unspecified atom stereocenters. The zero-order valence-electron chi connectivity index (χ0n) is 42.0. The number of amides is 1. The molecular weight excluding hydrogens is 1000 g/mol. The molecule has 0 N–H and O–H groups in total. The molecule has 408 valence electrons. The molecule has 0 spiro atoms. The molecule has 1 aliphatic heterocycles. The van der Waals surface area contributed by atoms with E-state index >= 15 is 0 Å². The van der Waals surface area contributed by atoms with Crippen molar-refractivity contribution in [3.05, 3.63) is 0 Å². The topological polar surface area (TPSA) is 357 Å². The number of hydrogen-bond acceptors (Lipinski definition) is 29. The second-order valence-corrected chi connectivity index (χ2v) is 17.0. The minimum Gasteiger partial charge on any atom is -0.470 e. The van der Waals surface area contributed by atoms with Gasteiger partial charge in [-0.1, -0.05) is 0 Å². The van der Waals surface area contributed by atoms with Crippen LogP contribution in [0.1, 0.15) is 76.2 Å². The van der Waals surface area contributed by atoms with E-state index in [0.717, 1.165) is 53.3 Å². The molecule has 0 aliphatic carbocycles. The molecule has 29 nitrogen and oxygen atoms in total. The number of morpholine rings is 1. The Balaban J connectivity index is 2.03. The van der Waals surface area contributed by atoms with Gasteiger partial charge in [0.1, 0.15) is 6.61 Å². The summed E-state index contributed by atoms with van der Waals surface area (Å²) in [7, 11) is 0. The van der Waals surface area contributed by atoms with Crippen molar-refractivity contribution in [3.63, 3.8) is 0 Å². The van der Waals surface area contributed by atoms with Gasteiger partial charge in [-0.25, -0.2) is 43.2 Å². The van der Waals surface area contributed by atoms with Gasteiger partial charge in [-0.15, -0.1) is 4.37 Å². The van der Waals surface area contributed by atoms with E-state index in [4.69, 9.17) is 52.1 Å². The number of anilines is 1. The first kappa shape index (κ1) is 61.9. The van der Waals surface area contributed by atoms with E-state index in [1.165, 1.54) is 18.7 Å². The number of nitrogens with zero attached hydrogens (tertiary/aromatic N) is 4. The fourth-order valence-corrected chi connectivity index (χ4v) is 6.03. The molecule has 73 heavy (non-hydrogen) atoms. The lowest BCUT2D eigenvalue weighted by Crippen LogP contribution is -2.52. The summed E-state index contributed by atoms with van der Waals surface area (Å²) in [4.78, 5) is 151. The standard InChI is InChI=1S/C43H60N4O25S/c1-22(68-39(56)24(3)66-28(7)48)37(54)65-20-33(52)62-21-34(53)72-30(17-63-36-35(44-73-45-36)46-12-14-60-15-13-46)16-47(43(9,10)11)31(50)18-61-32(51)19-64-38(55)23(2)69-41(58)26(5)71-42(59)27(6)70-40(57)25(4)67-29(8)49/h22-27,30H,12-21H2,1-11H3/t22?,23?,24?,25?,26?,27?,30-/m0/s1. The lowest BCUT2D eigenvalue weighted by Gasteiger charge is -2.37. The summed E-state index contributed by atoms with van der Waals surface area (Å²) in [6.07, 6.45) is -10.3. The van der Waals surface area contributed by atoms with E-state index in [2.05, 4.69) is 18.2 Å². The van der Waals surface area contributed by atoms with E-state index in [1.807, 2.05) is 4.90 Å². The van der Waals surface area contributed by atoms with Crippen molar-refractivity contribution in [2.45, 2.75) is 124 Å². The highest BCUT2D eigenvalue weighted by Crippen LogP contribution is 2.27. The smallest absolute Gasteiger partial charge is 0.347 e. The summed E-state index contributed by atoms with van der Waals surface area (Å²) >= 11 is 0.844. The van der Waals surface area contributed by atoms with E-state index in [1.54, 1.807) is 20.8 Å². The summed E-state index contributed by atoms with van der Waals surface area (Å²) < 4.78 is 73.8. The maximum absolute atomic E-state index is 13.6. The fraction of sp³-hybridized carbons (Fsp3) is 0.674. The van der Waals surface area contributed by atoms with Crippen LogP contribution < -0.4 is 9.64 Å². The minimum atomic E-state index is -1.65. The van der Waals surface area contributed by atoms with Crippen LogP contribution in [-0.2, 0) is 114 Å². The number of carbonyl (C=O) groups is 12. The summed E-state index contributed by atoms with van der Waals surface area (Å²) in [6.45, 7) is 10.7. The van der Waals surface area contributed by atoms with Crippen LogP contribution in [0.15, 0.2) is 0 Å². The van der Waals surface area contributed by atoms with Crippen LogP contribution in [0.25, 0.3) is 0 Å². The van der Waals surface area contributed by atoms with Crippen LogP contribution in [0.2, 0.25) is 0 Å². The van der Waals surface area contributed by atoms with Crippen molar-refractivity contribution in [1.29, 1.82) is 0 Å². The third-order valence-corrected chi connectivity index (χ3v) is 9.68. The summed E-state index contributed by atoms with van der Waals surface area (Å²) in [5, 5.41) is 0. The molecule has 0 aromatic carbocycles. The van der Waals surface area contributed by atoms with Crippen LogP contribution in [0, 0.1) is 0 Å². The third kappa shape index (κ3) is 22.8. The highest BCUT2D eigenvalue weighted by molar-refractivity contribution is 6.99. The second-order valence-electron chi connectivity index (χ2n) is 16.4. The molecule has 2 heterocycles. The summed E-state index contributed by atoms with van der Waals surface area (Å²) in [5.41, 5.74) is -1.06. The third-order valence-electron chi connectivity index (χ3n) is 9.17. The van der Waals surface area contributed by atoms with Crippen LogP contribution in [0.3, 0.4) is 0 Å². The normalized spacial score (nSPS) is 15.1. The van der Waals surface area contributed by atoms with Crippen LogP contribution >= 0.6 is 11.7 Å². The Labute approximate surface area is 422 Å². The number of carbonyl (C=O) groups excluding carboxylic acids is 12. The Bertz CT molecular complexity index is 2140. The van der Waals surface area contributed by atoms with E-state index in [-0.39, 0.29) is 5.88 Å². The fourth-order valence-electron chi connectivity index (χ4n) is 5.51. The van der Waals surface area contributed by atoms with E-state index in [9.17, 15) is 57.5 Å². The van der Waals surface area contributed by atoms with Gasteiger partial charge >= 0.3 is 65.7 Å². The zero-order valence-corrected chi connectivity index (χ0v) is 42.8. The number of rotatable bonds is 27. The molecule has 1 aliphatic rings. The van der Waals surface area contributed by atoms with Crippen LogP contribution in [0.5, 0.6) is 5.88 Å². The maximum atomic E-state index is 13.6. The second kappa shape index (κ2) is 29.9. The largest absolute Gasteiger partial charge is 0.470 e. The first-order valence-electron chi connectivity index (χ1n) is 22.2. The number of ether oxygens (including phenoxy) is 13. The van der Waals surface area contributed by atoms with Crippen molar-refractivity contribution in [1.82, 2.24) is 13.6 Å². The first-order chi connectivity index (χ1) is 34.1. The van der Waals surface area contributed by atoms with Gasteiger partial charge in [-0.05, 0) is 62.3 Å². The van der Waals surface area contributed by atoms with Gasteiger partial charge in [0.2, 0.25) is 5.82 Å². The van der Waals surface area contributed by atoms with Crippen molar-refractivity contribution < 1.29 is 119 Å². The van der Waals surface area contributed by atoms with Gasteiger partial charge in [0, 0.05) is 32.5 Å². The summed E-state index contributed by atoms with van der Waals surface area (Å²) in [5.74, 6) is -12.4. The lowest BCUT2D eigenvalue weighted by atomic mass is 10.1. The van der Waals surface area contributed by atoms with Crippen LogP contribution in [0.4, 0.5) is 5.82 Å². The SMILES string of the molecule is CC(=O)OC(C)C(=O)OC(C)C(=O)OCC(=O)OCC(=O)O[C@H](COc1nsnc1N1CCOCC1)CN(C(=O)COC(=O)COC(=O)C(C)OC(=O)C(C)OC(=O)C(C)OC(=O)C(C)OC(C)=O)C(C)(C)C. The average molecular weight is 1070 g/mol. The minimum absolute atomic E-state index is 0.0696. The number of hydrogen-bond donors (Lipinski definition) is 0. The Morgan fingerprint density at radius 2 is 0.945 bits per heavy atom. The Kier molecular flexibility index (Phi) is 25.4. The van der Waals surface area contributed by atoms with Crippen molar-refractivity contribution in [3.8, 4) is 5.88 Å². The molecule has 7 atom stereocenters. The Morgan fingerprint density at radius 1 is 0.548 bits per heavy atom. The highest BCUT2D eigenvalue weighted by atomic mass is 32.1. The molecule has 1 fully saturated rings. The lowest BCUT2D eigenvalue weighted by molar-refractivity contribution is -0.185. The van der Waals surface area contributed by atoms with Gasteiger partial charge in [-0.2, -0.15) is 4.37 Å². The molecule has 1 aromatic heterocycles. The zero-order chi connectivity index (χ0) is 55.2. The monoisotopic (exact) mass is 1060 g/mol. The van der Waals surface area contributed by atoms with Gasteiger partial charge in [0.25, 0.3) is 11.8 Å². The predicted molar refractivity (Wildman–Crippen MR) is 238 cm³/mol. The highest BCUT2D eigenvalue weighted by Gasteiger charge is 2.34. The Morgan fingerprint density at radius 3 is 1.37 bits per heavy atom. The summed E-state index contributed by atoms with van der Waals surface area (Å²) in [6, 6.07) is 0. The number of esters is 11. The first-order valence-corrected chi connectivity index (χ1v) is 22.9. The maximum Gasteiger partial charge on any atom is 0.347 e. The quantitative estimate of drug-likeness (QED) is 0.0760.